The molecule has 1 rings (SSSR count). The molecule has 0 bridgehead atoms. The number of ether oxygens (including phenoxy) is 3. The third kappa shape index (κ3) is 34.0. The molecule has 8 unspecified atom stereocenters. The summed E-state index contributed by atoms with van der Waals surface area (Å²) in [6.07, 6.45) is 40.5. The largest absolute Gasteiger partial charge is 0.454 e. The first-order chi connectivity index (χ1) is 32.7. The molecule has 0 spiro atoms. The first-order valence-electron chi connectivity index (χ1n) is 27.8. The maximum Gasteiger partial charge on any atom is 0.306 e. The van der Waals surface area contributed by atoms with E-state index in [2.05, 4.69) is 50.4 Å². The Morgan fingerprint density at radius 3 is 1.45 bits per heavy atom. The topological polar surface area (TPSA) is 175 Å². The molecule has 0 aromatic heterocycles. The van der Waals surface area contributed by atoms with Gasteiger partial charge in [-0.1, -0.05) is 198 Å². The number of allylic oxidation sites excluding steroid dienone is 5. The Morgan fingerprint density at radius 2 is 0.985 bits per heavy atom. The maximum atomic E-state index is 13.3. The van der Waals surface area contributed by atoms with E-state index in [9.17, 15) is 35.1 Å². The Bertz CT molecular complexity index is 1230. The number of nitrogens with one attached hydrogen (secondary N) is 1. The number of hydrogen-bond acceptors (Lipinski definition) is 10. The maximum absolute atomic E-state index is 13.3. The Balaban J connectivity index is 2.78. The molecule has 1 fully saturated rings. The molecule has 11 heteroatoms. The van der Waals surface area contributed by atoms with Crippen LogP contribution in [0.3, 0.4) is 0 Å². The Morgan fingerprint density at radius 1 is 0.567 bits per heavy atom. The third-order valence-electron chi connectivity index (χ3n) is 13.0. The minimum atomic E-state index is -1.62. The van der Waals surface area contributed by atoms with Gasteiger partial charge in [0.2, 0.25) is 5.91 Å². The van der Waals surface area contributed by atoms with Crippen LogP contribution in [0.5, 0.6) is 0 Å². The lowest BCUT2D eigenvalue weighted by Gasteiger charge is -2.41. The van der Waals surface area contributed by atoms with Gasteiger partial charge in [-0.3, -0.25) is 9.59 Å². The summed E-state index contributed by atoms with van der Waals surface area (Å²) >= 11 is 0. The molecule has 6 N–H and O–H groups in total. The van der Waals surface area contributed by atoms with Crippen LogP contribution >= 0.6 is 0 Å². The smallest absolute Gasteiger partial charge is 0.306 e. The molecule has 1 aliphatic rings. The van der Waals surface area contributed by atoms with Gasteiger partial charge in [-0.2, -0.15) is 0 Å². The molecule has 1 heterocycles. The van der Waals surface area contributed by atoms with Gasteiger partial charge in [-0.05, 0) is 77.0 Å². The quantitative estimate of drug-likeness (QED) is 0.0196. The van der Waals surface area contributed by atoms with Gasteiger partial charge in [0.15, 0.2) is 12.4 Å². The van der Waals surface area contributed by atoms with Crippen LogP contribution in [0.4, 0.5) is 0 Å². The van der Waals surface area contributed by atoms with Gasteiger partial charge in [0, 0.05) is 6.42 Å². The second kappa shape index (κ2) is 45.0. The number of hydrogen-bond donors (Lipinski definition) is 6. The van der Waals surface area contributed by atoms with Gasteiger partial charge in [0.1, 0.15) is 24.4 Å². The Labute approximate surface area is 409 Å². The molecule has 67 heavy (non-hydrogen) atoms. The van der Waals surface area contributed by atoms with Crippen LogP contribution in [-0.4, -0.2) is 99.6 Å². The van der Waals surface area contributed by atoms with Crippen molar-refractivity contribution in [2.45, 2.75) is 294 Å². The summed E-state index contributed by atoms with van der Waals surface area (Å²) < 4.78 is 17.5. The SMILES string of the molecule is CCCCCCCC/C=C\CCCCCC(=O)OC1C(OCC(NC(=O)C(O)CCCC/C=C\CCCCCCCCC)C(O)/C=C/CCCCCCCCCCCC)OC(CO)C(O)C1O. The number of amides is 1. The van der Waals surface area contributed by atoms with Gasteiger partial charge in [-0.15, -0.1) is 0 Å². The number of rotatable bonds is 46. The molecule has 1 saturated heterocycles. The highest BCUT2D eigenvalue weighted by molar-refractivity contribution is 5.80. The molecule has 0 radical (unpaired) electrons. The summed E-state index contributed by atoms with van der Waals surface area (Å²) in [5.41, 5.74) is 0. The van der Waals surface area contributed by atoms with Crippen molar-refractivity contribution < 1.29 is 49.3 Å². The molecule has 392 valence electrons. The number of esters is 1. The molecule has 11 nitrogen and oxygen atoms in total. The van der Waals surface area contributed by atoms with E-state index in [1.165, 1.54) is 135 Å². The zero-order chi connectivity index (χ0) is 49.0. The van der Waals surface area contributed by atoms with Crippen molar-refractivity contribution in [3.63, 3.8) is 0 Å². The molecule has 0 aliphatic carbocycles. The van der Waals surface area contributed by atoms with Gasteiger partial charge in [0.25, 0.3) is 0 Å². The number of unbranched alkanes of at least 4 members (excludes halogenated alkanes) is 28. The van der Waals surface area contributed by atoms with Gasteiger partial charge in [-0.25, -0.2) is 0 Å². The molecular weight excluding hydrogens is 847 g/mol. The van der Waals surface area contributed by atoms with Gasteiger partial charge >= 0.3 is 5.97 Å². The summed E-state index contributed by atoms with van der Waals surface area (Å²) in [5.74, 6) is -1.23. The summed E-state index contributed by atoms with van der Waals surface area (Å²) in [5, 5.41) is 56.6. The summed E-state index contributed by atoms with van der Waals surface area (Å²) in [7, 11) is 0. The molecule has 0 saturated carbocycles. The minimum absolute atomic E-state index is 0.103. The van der Waals surface area contributed by atoms with Crippen molar-refractivity contribution in [1.29, 1.82) is 0 Å². The van der Waals surface area contributed by atoms with Crippen LogP contribution in [-0.2, 0) is 23.8 Å². The minimum Gasteiger partial charge on any atom is -0.454 e. The fraction of sp³-hybridized carbons (Fsp3) is 0.857. The normalized spacial score (nSPS) is 20.3. The van der Waals surface area contributed by atoms with Crippen molar-refractivity contribution in [1.82, 2.24) is 5.32 Å². The van der Waals surface area contributed by atoms with E-state index in [0.29, 0.717) is 12.8 Å². The standard InChI is InChI=1S/C56H103NO10/c1-4-7-10-13-16-19-22-25-28-31-34-37-40-43-49(60)55(64)57-47(48(59)42-39-36-33-30-27-24-21-18-15-12-9-6-3)46-65-56-54(53(63)52(62)50(45-58)66-56)67-51(61)44-41-38-35-32-29-26-23-20-17-14-11-8-5-2/h26,28-29,31,39,42,47-50,52-54,56,58-60,62-63H,4-25,27,30,32-38,40-41,43-46H2,1-3H3,(H,57,64)/b29-26-,31-28-,42-39+. The molecule has 8 atom stereocenters. The highest BCUT2D eigenvalue weighted by atomic mass is 16.7. The van der Waals surface area contributed by atoms with Crippen molar-refractivity contribution in [2.24, 2.45) is 0 Å². The molecule has 0 aromatic carbocycles. The lowest BCUT2D eigenvalue weighted by Crippen LogP contribution is -2.61. The van der Waals surface area contributed by atoms with E-state index in [0.717, 1.165) is 64.2 Å². The van der Waals surface area contributed by atoms with Crippen molar-refractivity contribution in [2.75, 3.05) is 13.2 Å². The first kappa shape index (κ1) is 62.9. The van der Waals surface area contributed by atoms with Gasteiger partial charge < -0.3 is 45.1 Å². The van der Waals surface area contributed by atoms with Crippen molar-refractivity contribution in [3.05, 3.63) is 36.5 Å². The Hall–Kier alpha value is -2.12. The molecule has 1 amide bonds. The van der Waals surface area contributed by atoms with Crippen LogP contribution in [0.2, 0.25) is 0 Å². The van der Waals surface area contributed by atoms with Crippen LogP contribution < -0.4 is 5.32 Å². The van der Waals surface area contributed by atoms with E-state index in [1.54, 1.807) is 6.08 Å². The van der Waals surface area contributed by atoms with E-state index >= 15 is 0 Å². The van der Waals surface area contributed by atoms with E-state index < -0.39 is 67.4 Å². The predicted octanol–water partition coefficient (Wildman–Crippen LogP) is 11.9. The average Bonchev–Trinajstić information content (AvgIpc) is 3.32. The molecule has 1 aliphatic heterocycles. The molecule has 0 aromatic rings. The van der Waals surface area contributed by atoms with E-state index in [4.69, 9.17) is 14.2 Å². The highest BCUT2D eigenvalue weighted by Gasteiger charge is 2.47. The zero-order valence-electron chi connectivity index (χ0n) is 43.0. The zero-order valence-corrected chi connectivity index (χ0v) is 43.0. The Kier molecular flexibility index (Phi) is 42.3. The summed E-state index contributed by atoms with van der Waals surface area (Å²) in [4.78, 5) is 26.4. The number of carbonyl (C=O) groups excluding carboxylic acids is 2. The molecular formula is C56H103NO10. The second-order valence-electron chi connectivity index (χ2n) is 19.3. The number of carbonyl (C=O) groups is 2. The first-order valence-corrected chi connectivity index (χ1v) is 27.8. The van der Waals surface area contributed by atoms with Crippen LogP contribution in [0, 0.1) is 0 Å². The predicted molar refractivity (Wildman–Crippen MR) is 274 cm³/mol. The van der Waals surface area contributed by atoms with Crippen LogP contribution in [0.1, 0.15) is 245 Å². The fourth-order valence-electron chi connectivity index (χ4n) is 8.52. The van der Waals surface area contributed by atoms with Crippen LogP contribution in [0.15, 0.2) is 36.5 Å². The highest BCUT2D eigenvalue weighted by Crippen LogP contribution is 2.26. The third-order valence-corrected chi connectivity index (χ3v) is 13.0. The summed E-state index contributed by atoms with van der Waals surface area (Å²) in [6.45, 7) is 5.74. The van der Waals surface area contributed by atoms with Gasteiger partial charge in [0.05, 0.1) is 25.4 Å². The summed E-state index contributed by atoms with van der Waals surface area (Å²) in [6, 6.07) is -1.03. The lowest BCUT2D eigenvalue weighted by molar-refractivity contribution is -0.305. The second-order valence-corrected chi connectivity index (χ2v) is 19.3. The lowest BCUT2D eigenvalue weighted by atomic mass is 9.99. The fourth-order valence-corrected chi connectivity index (χ4v) is 8.52. The average molecular weight is 950 g/mol. The van der Waals surface area contributed by atoms with E-state index in [1.807, 2.05) is 6.08 Å². The van der Waals surface area contributed by atoms with Crippen molar-refractivity contribution in [3.8, 4) is 0 Å². The van der Waals surface area contributed by atoms with E-state index in [-0.39, 0.29) is 19.4 Å². The number of aliphatic hydroxyl groups excluding tert-OH is 5. The monoisotopic (exact) mass is 950 g/mol. The van der Waals surface area contributed by atoms with Crippen LogP contribution in [0.25, 0.3) is 0 Å². The van der Waals surface area contributed by atoms with Crippen molar-refractivity contribution >= 4 is 11.9 Å². The number of aliphatic hydroxyl groups is 5.